The van der Waals surface area contributed by atoms with Gasteiger partial charge in [0.25, 0.3) is 5.91 Å². The molecule has 0 radical (unpaired) electrons. The predicted octanol–water partition coefficient (Wildman–Crippen LogP) is 3.05. The van der Waals surface area contributed by atoms with Gasteiger partial charge in [-0.15, -0.1) is 0 Å². The van der Waals surface area contributed by atoms with Crippen molar-refractivity contribution in [3.05, 3.63) is 59.9 Å². The summed E-state index contributed by atoms with van der Waals surface area (Å²) in [7, 11) is 1.69. The Morgan fingerprint density at radius 2 is 1.78 bits per heavy atom. The maximum absolute atomic E-state index is 12.8. The molecule has 0 N–H and O–H groups in total. The zero-order valence-corrected chi connectivity index (χ0v) is 13.3. The summed E-state index contributed by atoms with van der Waals surface area (Å²) in [6.45, 7) is 2.67. The van der Waals surface area contributed by atoms with Crippen molar-refractivity contribution in [1.29, 1.82) is 0 Å². The van der Waals surface area contributed by atoms with Crippen LogP contribution < -0.4 is 9.47 Å². The third kappa shape index (κ3) is 5.29. The fourth-order valence-electron chi connectivity index (χ4n) is 1.92. The normalized spacial score (nSPS) is 10.2. The van der Waals surface area contributed by atoms with Gasteiger partial charge in [0.1, 0.15) is 23.9 Å². The third-order valence-electron chi connectivity index (χ3n) is 3.38. The summed E-state index contributed by atoms with van der Waals surface area (Å²) in [6, 6.07) is 13.3. The number of rotatable bonds is 7. The second-order valence-corrected chi connectivity index (χ2v) is 5.17. The lowest BCUT2D eigenvalue weighted by Gasteiger charge is -2.18. The van der Waals surface area contributed by atoms with Gasteiger partial charge in [-0.25, -0.2) is 4.39 Å². The number of ether oxygens (including phenoxy) is 2. The van der Waals surface area contributed by atoms with E-state index in [0.717, 1.165) is 5.56 Å². The second kappa shape index (κ2) is 8.17. The molecule has 0 saturated heterocycles. The molecule has 0 saturated carbocycles. The van der Waals surface area contributed by atoms with Gasteiger partial charge in [-0.3, -0.25) is 4.79 Å². The van der Waals surface area contributed by atoms with Crippen LogP contribution in [0.4, 0.5) is 4.39 Å². The number of hydrogen-bond donors (Lipinski definition) is 0. The first-order valence-electron chi connectivity index (χ1n) is 7.37. The molecule has 0 aromatic heterocycles. The van der Waals surface area contributed by atoms with Crippen LogP contribution in [0, 0.1) is 12.7 Å². The van der Waals surface area contributed by atoms with Crippen molar-refractivity contribution >= 4 is 5.91 Å². The van der Waals surface area contributed by atoms with Crippen molar-refractivity contribution < 1.29 is 18.7 Å². The van der Waals surface area contributed by atoms with E-state index in [-0.39, 0.29) is 18.3 Å². The van der Waals surface area contributed by atoms with Crippen LogP contribution in [0.25, 0.3) is 0 Å². The Morgan fingerprint density at radius 3 is 2.48 bits per heavy atom. The molecule has 5 heteroatoms. The van der Waals surface area contributed by atoms with E-state index < -0.39 is 0 Å². The number of carbonyl (C=O) groups is 1. The van der Waals surface area contributed by atoms with Crippen LogP contribution in [0.15, 0.2) is 48.5 Å². The Kier molecular flexibility index (Phi) is 5.97. The van der Waals surface area contributed by atoms with E-state index in [1.54, 1.807) is 24.1 Å². The Hall–Kier alpha value is -2.56. The SMILES string of the molecule is Cc1ccccc1OCC(=O)N(C)CCOc1ccc(F)cc1. The molecule has 0 spiro atoms. The summed E-state index contributed by atoms with van der Waals surface area (Å²) < 4.78 is 23.8. The molecule has 0 unspecified atom stereocenters. The van der Waals surface area contributed by atoms with E-state index in [9.17, 15) is 9.18 Å². The summed E-state index contributed by atoms with van der Waals surface area (Å²) in [5, 5.41) is 0. The zero-order chi connectivity index (χ0) is 16.7. The molecule has 4 nitrogen and oxygen atoms in total. The van der Waals surface area contributed by atoms with Gasteiger partial charge < -0.3 is 14.4 Å². The quantitative estimate of drug-likeness (QED) is 0.788. The van der Waals surface area contributed by atoms with E-state index in [0.29, 0.717) is 24.7 Å². The van der Waals surface area contributed by atoms with Crippen LogP contribution in [0.1, 0.15) is 5.56 Å². The van der Waals surface area contributed by atoms with Crippen LogP contribution in [0.5, 0.6) is 11.5 Å². The van der Waals surface area contributed by atoms with Gasteiger partial charge in [0, 0.05) is 7.05 Å². The van der Waals surface area contributed by atoms with Gasteiger partial charge in [0.15, 0.2) is 6.61 Å². The number of benzene rings is 2. The minimum atomic E-state index is -0.307. The number of halogens is 1. The maximum Gasteiger partial charge on any atom is 0.260 e. The highest BCUT2D eigenvalue weighted by Gasteiger charge is 2.10. The molecular weight excluding hydrogens is 297 g/mol. The van der Waals surface area contributed by atoms with E-state index >= 15 is 0 Å². The number of amides is 1. The molecule has 0 aliphatic carbocycles. The standard InChI is InChI=1S/C18H20FNO3/c1-14-5-3-4-6-17(14)23-13-18(21)20(2)11-12-22-16-9-7-15(19)8-10-16/h3-10H,11-13H2,1-2H3. The van der Waals surface area contributed by atoms with Crippen molar-refractivity contribution in [3.8, 4) is 11.5 Å². The molecule has 2 aromatic rings. The monoisotopic (exact) mass is 317 g/mol. The number of aryl methyl sites for hydroxylation is 1. The fraction of sp³-hybridized carbons (Fsp3) is 0.278. The summed E-state index contributed by atoms with van der Waals surface area (Å²) in [6.07, 6.45) is 0. The summed E-state index contributed by atoms with van der Waals surface area (Å²) in [5.74, 6) is 0.842. The first kappa shape index (κ1) is 16.8. The fourth-order valence-corrected chi connectivity index (χ4v) is 1.92. The number of para-hydroxylation sites is 1. The van der Waals surface area contributed by atoms with Gasteiger partial charge in [0.05, 0.1) is 6.54 Å². The molecule has 1 amide bonds. The molecular formula is C18H20FNO3. The molecule has 23 heavy (non-hydrogen) atoms. The van der Waals surface area contributed by atoms with Crippen molar-refractivity contribution in [2.75, 3.05) is 26.8 Å². The lowest BCUT2D eigenvalue weighted by Crippen LogP contribution is -2.34. The highest BCUT2D eigenvalue weighted by Crippen LogP contribution is 2.16. The number of hydrogen-bond acceptors (Lipinski definition) is 3. The molecule has 0 heterocycles. The number of likely N-dealkylation sites (N-methyl/N-ethyl adjacent to an activating group) is 1. The van der Waals surface area contributed by atoms with Crippen LogP contribution in [0.2, 0.25) is 0 Å². The lowest BCUT2D eigenvalue weighted by molar-refractivity contribution is -0.132. The molecule has 2 rings (SSSR count). The van der Waals surface area contributed by atoms with Gasteiger partial charge in [-0.1, -0.05) is 18.2 Å². The largest absolute Gasteiger partial charge is 0.492 e. The molecule has 0 aliphatic rings. The Bertz CT molecular complexity index is 643. The smallest absolute Gasteiger partial charge is 0.260 e. The van der Waals surface area contributed by atoms with Crippen LogP contribution in [0.3, 0.4) is 0 Å². The van der Waals surface area contributed by atoms with Crippen molar-refractivity contribution in [2.45, 2.75) is 6.92 Å². The minimum Gasteiger partial charge on any atom is -0.492 e. The Balaban J connectivity index is 1.72. The molecule has 2 aromatic carbocycles. The van der Waals surface area contributed by atoms with Gasteiger partial charge in [0.2, 0.25) is 0 Å². The summed E-state index contributed by atoms with van der Waals surface area (Å²) >= 11 is 0. The van der Waals surface area contributed by atoms with Gasteiger partial charge in [-0.05, 0) is 42.8 Å². The Morgan fingerprint density at radius 1 is 1.09 bits per heavy atom. The van der Waals surface area contributed by atoms with E-state index in [1.165, 1.54) is 12.1 Å². The average molecular weight is 317 g/mol. The molecule has 122 valence electrons. The number of nitrogens with zero attached hydrogens (tertiary/aromatic N) is 1. The summed E-state index contributed by atoms with van der Waals surface area (Å²) in [4.78, 5) is 13.6. The van der Waals surface area contributed by atoms with Crippen LogP contribution in [-0.2, 0) is 4.79 Å². The summed E-state index contributed by atoms with van der Waals surface area (Å²) in [5.41, 5.74) is 0.989. The van der Waals surface area contributed by atoms with E-state index in [2.05, 4.69) is 0 Å². The van der Waals surface area contributed by atoms with Crippen LogP contribution >= 0.6 is 0 Å². The first-order valence-corrected chi connectivity index (χ1v) is 7.37. The molecule has 0 fully saturated rings. The van der Waals surface area contributed by atoms with Crippen molar-refractivity contribution in [2.24, 2.45) is 0 Å². The average Bonchev–Trinajstić information content (AvgIpc) is 2.55. The topological polar surface area (TPSA) is 38.8 Å². The van der Waals surface area contributed by atoms with E-state index in [4.69, 9.17) is 9.47 Å². The highest BCUT2D eigenvalue weighted by molar-refractivity contribution is 5.77. The van der Waals surface area contributed by atoms with E-state index in [1.807, 2.05) is 31.2 Å². The predicted molar refractivity (Wildman–Crippen MR) is 86.2 cm³/mol. The molecule has 0 bridgehead atoms. The first-order chi connectivity index (χ1) is 11.1. The zero-order valence-electron chi connectivity index (χ0n) is 13.3. The molecule has 0 aliphatic heterocycles. The second-order valence-electron chi connectivity index (χ2n) is 5.17. The Labute approximate surface area is 135 Å². The minimum absolute atomic E-state index is 0.0160. The highest BCUT2D eigenvalue weighted by atomic mass is 19.1. The van der Waals surface area contributed by atoms with Gasteiger partial charge >= 0.3 is 0 Å². The van der Waals surface area contributed by atoms with Crippen molar-refractivity contribution in [3.63, 3.8) is 0 Å². The number of carbonyl (C=O) groups excluding carboxylic acids is 1. The lowest BCUT2D eigenvalue weighted by atomic mass is 10.2. The van der Waals surface area contributed by atoms with Gasteiger partial charge in [-0.2, -0.15) is 0 Å². The maximum atomic E-state index is 12.8. The van der Waals surface area contributed by atoms with Crippen molar-refractivity contribution in [1.82, 2.24) is 4.90 Å². The van der Waals surface area contributed by atoms with Crippen LogP contribution in [-0.4, -0.2) is 37.6 Å². The third-order valence-corrected chi connectivity index (χ3v) is 3.38. The molecule has 0 atom stereocenters.